The third-order valence-electron chi connectivity index (χ3n) is 5.66. The molecule has 0 radical (unpaired) electrons. The Hall–Kier alpha value is -4.01. The highest BCUT2D eigenvalue weighted by atomic mass is 79.9. The van der Waals surface area contributed by atoms with Crippen LogP contribution in [0, 0.1) is 11.3 Å². The van der Waals surface area contributed by atoms with Gasteiger partial charge in [-0.1, -0.05) is 15.9 Å². The van der Waals surface area contributed by atoms with Gasteiger partial charge < -0.3 is 14.8 Å². The molecule has 9 nitrogen and oxygen atoms in total. The maximum Gasteiger partial charge on any atom is 0.343 e. The Morgan fingerprint density at radius 2 is 1.89 bits per heavy atom. The van der Waals surface area contributed by atoms with E-state index in [2.05, 4.69) is 37.8 Å². The Kier molecular flexibility index (Phi) is 8.89. The number of hydrogen-bond acceptors (Lipinski definition) is 8. The molecule has 0 saturated heterocycles. The first kappa shape index (κ1) is 27.0. The van der Waals surface area contributed by atoms with Gasteiger partial charge in [0.25, 0.3) is 0 Å². The maximum absolute atomic E-state index is 12.6. The molecule has 0 fully saturated rings. The molecule has 1 aliphatic carbocycles. The fourth-order valence-electron chi connectivity index (χ4n) is 3.87. The van der Waals surface area contributed by atoms with Gasteiger partial charge in [0.05, 0.1) is 23.9 Å². The lowest BCUT2D eigenvalue weighted by Gasteiger charge is -2.09. The van der Waals surface area contributed by atoms with Crippen LogP contribution in [0.3, 0.4) is 0 Å². The zero-order valence-electron chi connectivity index (χ0n) is 20.4. The van der Waals surface area contributed by atoms with Crippen LogP contribution >= 0.6 is 27.3 Å². The van der Waals surface area contributed by atoms with Gasteiger partial charge in [-0.05, 0) is 80.6 Å². The van der Waals surface area contributed by atoms with E-state index in [1.54, 1.807) is 42.5 Å². The minimum Gasteiger partial charge on any atom is -0.494 e. The SMILES string of the molecule is CCOc1ccc(C(=O)Oc2ccc(Br)cc2/C=N/NC(=O)C(=O)Nc2sc3c(c2C#N)CCCC3)cc1. The van der Waals surface area contributed by atoms with Crippen LogP contribution in [0.1, 0.15) is 51.7 Å². The quantitative estimate of drug-likeness (QED) is 0.131. The topological polar surface area (TPSA) is 130 Å². The molecular formula is C27H23BrN4O5S. The van der Waals surface area contributed by atoms with E-state index in [1.165, 1.54) is 17.6 Å². The van der Waals surface area contributed by atoms with E-state index < -0.39 is 17.8 Å². The highest BCUT2D eigenvalue weighted by molar-refractivity contribution is 9.10. The third-order valence-corrected chi connectivity index (χ3v) is 7.36. The van der Waals surface area contributed by atoms with Crippen molar-refractivity contribution in [2.24, 2.45) is 5.10 Å². The Morgan fingerprint density at radius 1 is 1.13 bits per heavy atom. The molecule has 1 heterocycles. The Labute approximate surface area is 231 Å². The normalized spacial score (nSPS) is 12.3. The van der Waals surface area contributed by atoms with Crippen molar-refractivity contribution in [3.63, 3.8) is 0 Å². The van der Waals surface area contributed by atoms with E-state index in [-0.39, 0.29) is 5.75 Å². The van der Waals surface area contributed by atoms with Gasteiger partial charge in [-0.3, -0.25) is 9.59 Å². The van der Waals surface area contributed by atoms with Gasteiger partial charge in [-0.2, -0.15) is 10.4 Å². The number of halogens is 1. The molecule has 1 aliphatic rings. The van der Waals surface area contributed by atoms with Gasteiger partial charge in [-0.25, -0.2) is 10.2 Å². The number of nitrogens with zero attached hydrogens (tertiary/aromatic N) is 2. The van der Waals surface area contributed by atoms with Gasteiger partial charge in [0.1, 0.15) is 22.6 Å². The number of benzene rings is 2. The summed E-state index contributed by atoms with van der Waals surface area (Å²) < 4.78 is 11.6. The zero-order valence-corrected chi connectivity index (χ0v) is 22.8. The number of aryl methyl sites for hydroxylation is 1. The van der Waals surface area contributed by atoms with Crippen LogP contribution in [-0.4, -0.2) is 30.6 Å². The molecule has 3 aromatic rings. The number of fused-ring (bicyclic) bond motifs is 1. The van der Waals surface area contributed by atoms with Crippen LogP contribution in [0.4, 0.5) is 5.00 Å². The van der Waals surface area contributed by atoms with E-state index in [0.29, 0.717) is 38.5 Å². The molecule has 0 bridgehead atoms. The average Bonchev–Trinajstić information content (AvgIpc) is 3.27. The minimum atomic E-state index is -1.00. The number of esters is 1. The van der Waals surface area contributed by atoms with Crippen molar-refractivity contribution in [3.05, 3.63) is 74.1 Å². The van der Waals surface area contributed by atoms with Crippen molar-refractivity contribution in [1.29, 1.82) is 5.26 Å². The summed E-state index contributed by atoms with van der Waals surface area (Å²) in [4.78, 5) is 38.5. The van der Waals surface area contributed by atoms with Crippen molar-refractivity contribution in [3.8, 4) is 17.6 Å². The smallest absolute Gasteiger partial charge is 0.343 e. The highest BCUT2D eigenvalue weighted by Gasteiger charge is 2.23. The average molecular weight is 595 g/mol. The summed E-state index contributed by atoms with van der Waals surface area (Å²) in [5.74, 6) is -1.67. The van der Waals surface area contributed by atoms with E-state index >= 15 is 0 Å². The number of nitriles is 1. The Morgan fingerprint density at radius 3 is 2.63 bits per heavy atom. The molecule has 1 aromatic heterocycles. The lowest BCUT2D eigenvalue weighted by atomic mass is 9.96. The van der Waals surface area contributed by atoms with Gasteiger partial charge in [0.2, 0.25) is 0 Å². The number of carbonyl (C=O) groups is 3. The van der Waals surface area contributed by atoms with Crippen LogP contribution in [0.2, 0.25) is 0 Å². The van der Waals surface area contributed by atoms with Crippen LogP contribution in [0.5, 0.6) is 11.5 Å². The number of rotatable bonds is 7. The predicted octanol–water partition coefficient (Wildman–Crippen LogP) is 4.97. The summed E-state index contributed by atoms with van der Waals surface area (Å²) in [6, 6.07) is 13.6. The molecule has 0 spiro atoms. The van der Waals surface area contributed by atoms with E-state index in [4.69, 9.17) is 9.47 Å². The summed E-state index contributed by atoms with van der Waals surface area (Å²) in [5, 5.41) is 16.3. The van der Waals surface area contributed by atoms with E-state index in [9.17, 15) is 19.6 Å². The van der Waals surface area contributed by atoms with Gasteiger partial charge in [-0.15, -0.1) is 11.3 Å². The first-order valence-corrected chi connectivity index (χ1v) is 13.4. The summed E-state index contributed by atoms with van der Waals surface area (Å²) in [5.41, 5.74) is 4.26. The number of amides is 2. The molecule has 11 heteroatoms. The summed E-state index contributed by atoms with van der Waals surface area (Å²) in [6.45, 7) is 2.38. The molecule has 0 aliphatic heterocycles. The highest BCUT2D eigenvalue weighted by Crippen LogP contribution is 2.37. The van der Waals surface area contributed by atoms with E-state index in [1.807, 2.05) is 6.92 Å². The maximum atomic E-state index is 12.6. The molecule has 2 aromatic carbocycles. The van der Waals surface area contributed by atoms with E-state index in [0.717, 1.165) is 36.1 Å². The number of thiophene rings is 1. The predicted molar refractivity (Wildman–Crippen MR) is 147 cm³/mol. The minimum absolute atomic E-state index is 0.206. The standard InChI is InChI=1S/C27H23BrN4O5S/c1-2-36-19-10-7-16(8-11-19)27(35)37-22-12-9-18(28)13-17(22)15-30-32-25(34)24(33)31-26-21(14-29)20-5-3-4-6-23(20)38-26/h7-13,15H,2-6H2,1H3,(H,31,33)(H,32,34)/b30-15+. The van der Waals surface area contributed by atoms with Crippen LogP contribution in [0.15, 0.2) is 52.0 Å². The van der Waals surface area contributed by atoms with Gasteiger partial charge in [0.15, 0.2) is 0 Å². The van der Waals surface area contributed by atoms with Crippen LogP contribution in [-0.2, 0) is 22.4 Å². The number of anilines is 1. The molecule has 2 amide bonds. The van der Waals surface area contributed by atoms with Crippen molar-refractivity contribution in [2.75, 3.05) is 11.9 Å². The second-order valence-corrected chi connectivity index (χ2v) is 10.2. The first-order chi connectivity index (χ1) is 18.4. The van der Waals surface area contributed by atoms with Crippen molar-refractivity contribution in [1.82, 2.24) is 5.43 Å². The molecule has 0 saturated carbocycles. The number of carbonyl (C=O) groups excluding carboxylic acids is 3. The first-order valence-electron chi connectivity index (χ1n) is 11.8. The lowest BCUT2D eigenvalue weighted by molar-refractivity contribution is -0.136. The largest absolute Gasteiger partial charge is 0.494 e. The molecular weight excluding hydrogens is 572 g/mol. The monoisotopic (exact) mass is 594 g/mol. The fraction of sp³-hybridized carbons (Fsp3) is 0.222. The summed E-state index contributed by atoms with van der Waals surface area (Å²) in [6.07, 6.45) is 4.95. The number of hydrogen-bond donors (Lipinski definition) is 2. The zero-order chi connectivity index (χ0) is 27.1. The van der Waals surface area contributed by atoms with Crippen molar-refractivity contribution < 1.29 is 23.9 Å². The second kappa shape index (κ2) is 12.5. The van der Waals surface area contributed by atoms with Gasteiger partial charge in [0, 0.05) is 14.9 Å². The number of ether oxygens (including phenoxy) is 2. The molecule has 4 rings (SSSR count). The number of nitrogens with one attached hydrogen (secondary N) is 2. The molecule has 38 heavy (non-hydrogen) atoms. The van der Waals surface area contributed by atoms with Gasteiger partial charge >= 0.3 is 17.8 Å². The summed E-state index contributed by atoms with van der Waals surface area (Å²) >= 11 is 4.69. The van der Waals surface area contributed by atoms with Crippen LogP contribution in [0.25, 0.3) is 0 Å². The molecule has 194 valence electrons. The molecule has 0 unspecified atom stereocenters. The molecule has 2 N–H and O–H groups in total. The van der Waals surface area contributed by atoms with Crippen molar-refractivity contribution in [2.45, 2.75) is 32.6 Å². The lowest BCUT2D eigenvalue weighted by Crippen LogP contribution is -2.32. The van der Waals surface area contributed by atoms with Crippen molar-refractivity contribution >= 4 is 56.3 Å². The fourth-order valence-corrected chi connectivity index (χ4v) is 5.48. The summed E-state index contributed by atoms with van der Waals surface area (Å²) in [7, 11) is 0. The molecule has 0 atom stereocenters. The Bertz CT molecular complexity index is 1440. The number of hydrazone groups is 1. The second-order valence-electron chi connectivity index (χ2n) is 8.21. The Balaban J connectivity index is 1.40. The third kappa shape index (κ3) is 6.45. The van der Waals surface area contributed by atoms with Crippen LogP contribution < -0.4 is 20.2 Å².